The Hall–Kier alpha value is -1.07. The Bertz CT molecular complexity index is 493. The van der Waals surface area contributed by atoms with Gasteiger partial charge in [0.2, 0.25) is 5.91 Å². The Morgan fingerprint density at radius 1 is 1.50 bits per heavy atom. The molecule has 0 aliphatic carbocycles. The van der Waals surface area contributed by atoms with Crippen molar-refractivity contribution in [3.8, 4) is 5.75 Å². The number of likely N-dealkylation sites (tertiary alicyclic amines) is 1. The van der Waals surface area contributed by atoms with Crippen molar-refractivity contribution in [2.24, 2.45) is 0 Å². The highest BCUT2D eigenvalue weighted by molar-refractivity contribution is 9.10. The van der Waals surface area contributed by atoms with Crippen LogP contribution in [0.3, 0.4) is 0 Å². The van der Waals surface area contributed by atoms with E-state index in [1.807, 2.05) is 19.2 Å². The van der Waals surface area contributed by atoms with Gasteiger partial charge in [-0.05, 0) is 31.0 Å². The van der Waals surface area contributed by atoms with E-state index < -0.39 is 0 Å². The molecule has 1 aromatic rings. The summed E-state index contributed by atoms with van der Waals surface area (Å²) in [6.07, 6.45) is 1.53. The Balaban J connectivity index is 2.01. The minimum absolute atomic E-state index is 0.224. The van der Waals surface area contributed by atoms with E-state index in [9.17, 15) is 4.79 Å². The normalized spacial score (nSPS) is 20.9. The van der Waals surface area contributed by atoms with Crippen molar-refractivity contribution in [3.63, 3.8) is 0 Å². The molecule has 1 saturated heterocycles. The van der Waals surface area contributed by atoms with Crippen molar-refractivity contribution in [2.45, 2.75) is 31.8 Å². The zero-order chi connectivity index (χ0) is 14.7. The molecule has 110 valence electrons. The van der Waals surface area contributed by atoms with Crippen LogP contribution in [0.4, 0.5) is 0 Å². The maximum atomic E-state index is 11.5. The highest BCUT2D eigenvalue weighted by Crippen LogP contribution is 2.28. The number of benzene rings is 1. The number of piperidine rings is 1. The first-order valence-corrected chi connectivity index (χ1v) is 7.64. The van der Waals surface area contributed by atoms with E-state index in [0.29, 0.717) is 12.5 Å². The van der Waals surface area contributed by atoms with Gasteiger partial charge in [0.05, 0.1) is 7.11 Å². The second-order valence-electron chi connectivity index (χ2n) is 5.29. The molecule has 0 aromatic heterocycles. The van der Waals surface area contributed by atoms with Crippen LogP contribution in [0, 0.1) is 0 Å². The minimum Gasteiger partial charge on any atom is -0.497 e. The number of methoxy groups -OCH3 is 1. The van der Waals surface area contributed by atoms with Crippen molar-refractivity contribution in [1.82, 2.24) is 10.2 Å². The quantitative estimate of drug-likeness (QED) is 0.916. The van der Waals surface area contributed by atoms with Crippen LogP contribution in [0.1, 0.15) is 31.4 Å². The number of rotatable bonds is 4. The fraction of sp³-hybridized carbons (Fsp3) is 0.533. The second-order valence-corrected chi connectivity index (χ2v) is 6.14. The highest BCUT2D eigenvalue weighted by Gasteiger charge is 2.24. The lowest BCUT2D eigenvalue weighted by Gasteiger charge is -2.32. The number of nitrogens with one attached hydrogen (secondary N) is 1. The smallest absolute Gasteiger partial charge is 0.222 e. The van der Waals surface area contributed by atoms with Gasteiger partial charge in [0.1, 0.15) is 5.75 Å². The first-order chi connectivity index (χ1) is 9.51. The molecule has 1 aliphatic heterocycles. The number of hydrogen-bond donors (Lipinski definition) is 1. The van der Waals surface area contributed by atoms with Crippen LogP contribution in [0.15, 0.2) is 22.7 Å². The zero-order valence-corrected chi connectivity index (χ0v) is 13.7. The molecule has 4 nitrogen and oxygen atoms in total. The highest BCUT2D eigenvalue weighted by atomic mass is 79.9. The molecular weight excluding hydrogens is 320 g/mol. The second kappa shape index (κ2) is 6.59. The van der Waals surface area contributed by atoms with Gasteiger partial charge in [0.25, 0.3) is 0 Å². The molecule has 1 N–H and O–H groups in total. The summed E-state index contributed by atoms with van der Waals surface area (Å²) in [5, 5.41) is 3.60. The van der Waals surface area contributed by atoms with Crippen LogP contribution >= 0.6 is 15.9 Å². The van der Waals surface area contributed by atoms with E-state index in [2.05, 4.69) is 34.2 Å². The largest absolute Gasteiger partial charge is 0.497 e. The third-order valence-corrected chi connectivity index (χ3v) is 4.47. The fourth-order valence-electron chi connectivity index (χ4n) is 2.58. The van der Waals surface area contributed by atoms with E-state index in [1.165, 1.54) is 5.56 Å². The molecule has 0 unspecified atom stereocenters. The molecule has 1 amide bonds. The number of amides is 1. The van der Waals surface area contributed by atoms with Gasteiger partial charge in [0.15, 0.2) is 0 Å². The first-order valence-electron chi connectivity index (χ1n) is 6.84. The fourth-order valence-corrected chi connectivity index (χ4v) is 3.28. The van der Waals surface area contributed by atoms with Crippen LogP contribution in [-0.2, 0) is 4.79 Å². The third kappa shape index (κ3) is 3.52. The molecule has 2 rings (SSSR count). The minimum atomic E-state index is 0.224. The molecule has 20 heavy (non-hydrogen) atoms. The molecular formula is C15H21BrN2O2. The van der Waals surface area contributed by atoms with Crippen LogP contribution in [0.2, 0.25) is 0 Å². The Morgan fingerprint density at radius 3 is 2.85 bits per heavy atom. The van der Waals surface area contributed by atoms with Crippen LogP contribution < -0.4 is 10.1 Å². The summed E-state index contributed by atoms with van der Waals surface area (Å²) in [6, 6.07) is 6.58. The monoisotopic (exact) mass is 340 g/mol. The average Bonchev–Trinajstić information content (AvgIpc) is 2.42. The molecule has 0 bridgehead atoms. The van der Waals surface area contributed by atoms with E-state index in [1.54, 1.807) is 12.0 Å². The van der Waals surface area contributed by atoms with Crippen molar-refractivity contribution in [3.05, 3.63) is 28.2 Å². The van der Waals surface area contributed by atoms with E-state index in [4.69, 9.17) is 4.74 Å². The van der Waals surface area contributed by atoms with Crippen LogP contribution in [-0.4, -0.2) is 37.6 Å². The summed E-state index contributed by atoms with van der Waals surface area (Å²) in [7, 11) is 3.53. The summed E-state index contributed by atoms with van der Waals surface area (Å²) < 4.78 is 6.25. The molecule has 1 fully saturated rings. The van der Waals surface area contributed by atoms with Gasteiger partial charge >= 0.3 is 0 Å². The number of hydrogen-bond acceptors (Lipinski definition) is 3. The first kappa shape index (κ1) is 15.3. The number of carbonyl (C=O) groups is 1. The van der Waals surface area contributed by atoms with Crippen LogP contribution in [0.5, 0.6) is 5.75 Å². The lowest BCUT2D eigenvalue weighted by atomic mass is 10.0. The third-order valence-electron chi connectivity index (χ3n) is 3.79. The zero-order valence-electron chi connectivity index (χ0n) is 12.1. The van der Waals surface area contributed by atoms with Crippen molar-refractivity contribution >= 4 is 21.8 Å². The molecule has 2 atom stereocenters. The Morgan fingerprint density at radius 2 is 2.25 bits per heavy atom. The molecule has 0 spiro atoms. The summed E-state index contributed by atoms with van der Waals surface area (Å²) in [4.78, 5) is 13.3. The van der Waals surface area contributed by atoms with Gasteiger partial charge in [-0.3, -0.25) is 4.79 Å². The maximum absolute atomic E-state index is 11.5. The molecule has 1 aliphatic rings. The van der Waals surface area contributed by atoms with E-state index >= 15 is 0 Å². The summed E-state index contributed by atoms with van der Waals surface area (Å²) in [6.45, 7) is 2.92. The van der Waals surface area contributed by atoms with Gasteiger partial charge in [-0.25, -0.2) is 0 Å². The molecule has 0 saturated carbocycles. The van der Waals surface area contributed by atoms with Gasteiger partial charge in [-0.2, -0.15) is 0 Å². The Labute approximate surface area is 128 Å². The van der Waals surface area contributed by atoms with Crippen LogP contribution in [0.25, 0.3) is 0 Å². The standard InChI is InChI=1S/C15H21BrN2O2/c1-10(13-6-5-12(20-3)8-14(13)16)17-11-4-7-15(19)18(2)9-11/h5-6,8,10-11,17H,4,7,9H2,1-3H3/t10-,11+/m1/s1. The summed E-state index contributed by atoms with van der Waals surface area (Å²) in [5.74, 6) is 1.08. The predicted octanol–water partition coefficient (Wildman–Crippen LogP) is 2.73. The van der Waals surface area contributed by atoms with E-state index in [0.717, 1.165) is 23.2 Å². The van der Waals surface area contributed by atoms with Gasteiger partial charge < -0.3 is 15.0 Å². The summed E-state index contributed by atoms with van der Waals surface area (Å²) in [5.41, 5.74) is 1.20. The SMILES string of the molecule is COc1ccc([C@@H](C)N[C@H]2CCC(=O)N(C)C2)c(Br)c1. The molecule has 5 heteroatoms. The van der Waals surface area contributed by atoms with Crippen molar-refractivity contribution < 1.29 is 9.53 Å². The Kier molecular flexibility index (Phi) is 5.05. The lowest BCUT2D eigenvalue weighted by Crippen LogP contribution is -2.47. The topological polar surface area (TPSA) is 41.6 Å². The average molecular weight is 341 g/mol. The number of ether oxygens (including phenoxy) is 1. The van der Waals surface area contributed by atoms with Crippen molar-refractivity contribution in [1.29, 1.82) is 0 Å². The van der Waals surface area contributed by atoms with Crippen molar-refractivity contribution in [2.75, 3.05) is 20.7 Å². The van der Waals surface area contributed by atoms with Gasteiger partial charge in [-0.15, -0.1) is 0 Å². The predicted molar refractivity (Wildman–Crippen MR) is 82.9 cm³/mol. The number of likely N-dealkylation sites (N-methyl/N-ethyl adjacent to an activating group) is 1. The number of halogens is 1. The molecule has 1 heterocycles. The molecule has 1 aromatic carbocycles. The summed E-state index contributed by atoms with van der Waals surface area (Å²) >= 11 is 3.59. The van der Waals surface area contributed by atoms with E-state index in [-0.39, 0.29) is 11.9 Å². The van der Waals surface area contributed by atoms with Gasteiger partial charge in [0, 0.05) is 36.6 Å². The maximum Gasteiger partial charge on any atom is 0.222 e. The number of nitrogens with zero attached hydrogens (tertiary/aromatic N) is 1. The lowest BCUT2D eigenvalue weighted by molar-refractivity contribution is -0.132. The number of carbonyl (C=O) groups excluding carboxylic acids is 1. The van der Waals surface area contributed by atoms with Gasteiger partial charge in [-0.1, -0.05) is 22.0 Å². The molecule has 0 radical (unpaired) electrons.